The summed E-state index contributed by atoms with van der Waals surface area (Å²) >= 11 is 1.52. The molecule has 7 heteroatoms. The Morgan fingerprint density at radius 2 is 1.81 bits per heavy atom. The molecule has 0 fully saturated rings. The van der Waals surface area contributed by atoms with Crippen molar-refractivity contribution in [3.05, 3.63) is 48.1 Å². The first kappa shape index (κ1) is 15.4. The van der Waals surface area contributed by atoms with Crippen LogP contribution in [0.5, 0.6) is 5.75 Å². The predicted molar refractivity (Wildman–Crippen MR) is 89.7 cm³/mol. The lowest BCUT2D eigenvalue weighted by molar-refractivity contribution is 0.415. The molecule has 3 aromatic rings. The number of methoxy groups -OCH3 is 1. The summed E-state index contributed by atoms with van der Waals surface area (Å²) in [4.78, 5) is 12.7. The molecule has 108 valence electrons. The third-order valence-electron chi connectivity index (χ3n) is 2.67. The average Bonchev–Trinajstić information content (AvgIpc) is 2.97. The maximum atomic E-state index is 5.14. The zero-order chi connectivity index (χ0) is 13.8. The van der Waals surface area contributed by atoms with Crippen LogP contribution in [0.15, 0.2) is 48.1 Å². The summed E-state index contributed by atoms with van der Waals surface area (Å²) in [6.45, 7) is 0. The van der Waals surface area contributed by atoms with Gasteiger partial charge in [-0.3, -0.25) is 0 Å². The highest BCUT2D eigenvalue weighted by Gasteiger charge is 2.05. The van der Waals surface area contributed by atoms with Crippen molar-refractivity contribution in [1.82, 2.24) is 15.0 Å². The van der Waals surface area contributed by atoms with Crippen LogP contribution in [0.3, 0.4) is 0 Å². The Morgan fingerprint density at radius 3 is 2.48 bits per heavy atom. The second-order valence-electron chi connectivity index (χ2n) is 3.96. The van der Waals surface area contributed by atoms with Crippen molar-refractivity contribution >= 4 is 39.4 Å². The van der Waals surface area contributed by atoms with Gasteiger partial charge in [0, 0.05) is 23.3 Å². The lowest BCUT2D eigenvalue weighted by Gasteiger charge is -2.01. The average molecular weight is 365 g/mol. The zero-order valence-electron chi connectivity index (χ0n) is 11.2. The van der Waals surface area contributed by atoms with E-state index in [0.29, 0.717) is 5.95 Å². The fraction of sp³-hybridized carbons (Fsp3) is 0.0714. The third kappa shape index (κ3) is 3.77. The molecule has 0 saturated carbocycles. The first-order valence-electron chi connectivity index (χ1n) is 5.99. The fourth-order valence-corrected chi connectivity index (χ4v) is 2.40. The molecule has 0 spiro atoms. The molecule has 0 saturated heterocycles. The van der Waals surface area contributed by atoms with Gasteiger partial charge in [-0.1, -0.05) is 0 Å². The molecule has 0 aliphatic carbocycles. The van der Waals surface area contributed by atoms with Crippen molar-refractivity contribution in [2.24, 2.45) is 0 Å². The quantitative estimate of drug-likeness (QED) is 0.759. The van der Waals surface area contributed by atoms with Crippen molar-refractivity contribution in [1.29, 1.82) is 0 Å². The van der Waals surface area contributed by atoms with Crippen molar-refractivity contribution in [3.63, 3.8) is 0 Å². The molecule has 2 aromatic heterocycles. The van der Waals surface area contributed by atoms with Crippen molar-refractivity contribution in [3.8, 4) is 17.0 Å². The van der Waals surface area contributed by atoms with Gasteiger partial charge in [0.05, 0.1) is 12.8 Å². The number of aromatic nitrogens is 3. The SMILES string of the molecule is Br.COc1ccc(-c2csc(Nc3ncccn3)n2)cc1. The molecule has 21 heavy (non-hydrogen) atoms. The maximum Gasteiger partial charge on any atom is 0.228 e. The molecular formula is C14H13BrN4OS. The van der Waals surface area contributed by atoms with Gasteiger partial charge < -0.3 is 10.1 Å². The van der Waals surface area contributed by atoms with Crippen LogP contribution in [0.25, 0.3) is 11.3 Å². The van der Waals surface area contributed by atoms with Gasteiger partial charge in [-0.25, -0.2) is 15.0 Å². The normalized spacial score (nSPS) is 9.76. The van der Waals surface area contributed by atoms with Gasteiger partial charge in [-0.15, -0.1) is 28.3 Å². The lowest BCUT2D eigenvalue weighted by atomic mass is 10.2. The topological polar surface area (TPSA) is 59.9 Å². The van der Waals surface area contributed by atoms with E-state index in [1.165, 1.54) is 11.3 Å². The highest BCUT2D eigenvalue weighted by Crippen LogP contribution is 2.27. The number of nitrogens with one attached hydrogen (secondary N) is 1. The van der Waals surface area contributed by atoms with Gasteiger partial charge in [-0.05, 0) is 30.3 Å². The van der Waals surface area contributed by atoms with Gasteiger partial charge >= 0.3 is 0 Å². The summed E-state index contributed by atoms with van der Waals surface area (Å²) in [6, 6.07) is 9.58. The molecule has 1 N–H and O–H groups in total. The van der Waals surface area contributed by atoms with Crippen LogP contribution in [0.1, 0.15) is 0 Å². The van der Waals surface area contributed by atoms with Crippen molar-refractivity contribution in [2.75, 3.05) is 12.4 Å². The van der Waals surface area contributed by atoms with Crippen molar-refractivity contribution < 1.29 is 4.74 Å². The Kier molecular flexibility index (Phi) is 5.24. The number of hydrogen-bond acceptors (Lipinski definition) is 6. The first-order chi connectivity index (χ1) is 9.85. The second-order valence-corrected chi connectivity index (χ2v) is 4.82. The van der Waals surface area contributed by atoms with Gasteiger partial charge in [0.25, 0.3) is 0 Å². The molecule has 2 heterocycles. The molecule has 1 aromatic carbocycles. The molecule has 5 nitrogen and oxygen atoms in total. The monoisotopic (exact) mass is 364 g/mol. The molecule has 0 aliphatic rings. The third-order valence-corrected chi connectivity index (χ3v) is 3.43. The van der Waals surface area contributed by atoms with Crippen LogP contribution in [0.2, 0.25) is 0 Å². The smallest absolute Gasteiger partial charge is 0.228 e. The van der Waals surface area contributed by atoms with Crippen LogP contribution in [0, 0.1) is 0 Å². The molecule has 3 rings (SSSR count). The Morgan fingerprint density at radius 1 is 1.10 bits per heavy atom. The number of nitrogens with zero attached hydrogens (tertiary/aromatic N) is 3. The molecule has 0 radical (unpaired) electrons. The summed E-state index contributed by atoms with van der Waals surface area (Å²) in [5.74, 6) is 1.38. The fourth-order valence-electron chi connectivity index (χ4n) is 1.68. The molecule has 0 bridgehead atoms. The minimum atomic E-state index is 0. The van der Waals surface area contributed by atoms with Gasteiger partial charge in [0.1, 0.15) is 5.75 Å². The number of halogens is 1. The molecule has 0 aliphatic heterocycles. The molecule has 0 atom stereocenters. The molecular weight excluding hydrogens is 352 g/mol. The van der Waals surface area contributed by atoms with E-state index >= 15 is 0 Å². The minimum Gasteiger partial charge on any atom is -0.497 e. The van der Waals surface area contributed by atoms with E-state index in [-0.39, 0.29) is 17.0 Å². The van der Waals surface area contributed by atoms with E-state index in [2.05, 4.69) is 20.3 Å². The van der Waals surface area contributed by atoms with Crippen LogP contribution >= 0.6 is 28.3 Å². The van der Waals surface area contributed by atoms with E-state index in [0.717, 1.165) is 22.1 Å². The second kappa shape index (κ2) is 7.14. The summed E-state index contributed by atoms with van der Waals surface area (Å²) in [6.07, 6.45) is 3.38. The number of hydrogen-bond donors (Lipinski definition) is 1. The molecule has 0 amide bonds. The highest BCUT2D eigenvalue weighted by molar-refractivity contribution is 8.93. The Balaban J connectivity index is 0.00000161. The molecule has 0 unspecified atom stereocenters. The predicted octanol–water partition coefficient (Wildman–Crippen LogP) is 3.93. The number of thiazole rings is 1. The lowest BCUT2D eigenvalue weighted by Crippen LogP contribution is -1.94. The number of rotatable bonds is 4. The summed E-state index contributed by atoms with van der Waals surface area (Å²) in [5.41, 5.74) is 1.96. The van der Waals surface area contributed by atoms with Crippen LogP contribution in [-0.4, -0.2) is 22.1 Å². The van der Waals surface area contributed by atoms with Crippen LogP contribution < -0.4 is 10.1 Å². The first-order valence-corrected chi connectivity index (χ1v) is 6.87. The Bertz CT molecular complexity index is 688. The maximum absolute atomic E-state index is 5.14. The van der Waals surface area contributed by atoms with E-state index in [4.69, 9.17) is 4.74 Å². The Hall–Kier alpha value is -1.99. The van der Waals surface area contributed by atoms with E-state index in [9.17, 15) is 0 Å². The van der Waals surface area contributed by atoms with Crippen LogP contribution in [-0.2, 0) is 0 Å². The highest BCUT2D eigenvalue weighted by atomic mass is 79.9. The summed E-state index contributed by atoms with van der Waals surface area (Å²) < 4.78 is 5.14. The van der Waals surface area contributed by atoms with E-state index in [1.54, 1.807) is 25.6 Å². The largest absolute Gasteiger partial charge is 0.497 e. The van der Waals surface area contributed by atoms with Gasteiger partial charge in [0.15, 0.2) is 5.13 Å². The number of ether oxygens (including phenoxy) is 1. The van der Waals surface area contributed by atoms with Gasteiger partial charge in [-0.2, -0.15) is 0 Å². The van der Waals surface area contributed by atoms with E-state index in [1.807, 2.05) is 29.6 Å². The van der Waals surface area contributed by atoms with Crippen molar-refractivity contribution in [2.45, 2.75) is 0 Å². The van der Waals surface area contributed by atoms with Crippen LogP contribution in [0.4, 0.5) is 11.1 Å². The van der Waals surface area contributed by atoms with E-state index < -0.39 is 0 Å². The standard InChI is InChI=1S/C14H12N4OS.BrH/c1-19-11-5-3-10(4-6-11)12-9-20-14(17-12)18-13-15-7-2-8-16-13;/h2-9H,1H3,(H,15,16,17,18);1H. The summed E-state index contributed by atoms with van der Waals surface area (Å²) in [7, 11) is 1.65. The summed E-state index contributed by atoms with van der Waals surface area (Å²) in [5, 5.41) is 5.84. The minimum absolute atomic E-state index is 0. The number of benzene rings is 1. The zero-order valence-corrected chi connectivity index (χ0v) is 13.7. The van der Waals surface area contributed by atoms with Gasteiger partial charge in [0.2, 0.25) is 5.95 Å². The Labute approximate surface area is 136 Å². The number of anilines is 2.